The lowest BCUT2D eigenvalue weighted by Gasteiger charge is -2.15. The molecule has 0 radical (unpaired) electrons. The lowest BCUT2D eigenvalue weighted by Crippen LogP contribution is -2.16. The molecule has 1 heterocycles. The summed E-state index contributed by atoms with van der Waals surface area (Å²) in [5.41, 5.74) is 0.0555. The number of rotatable bonds is 3. The van der Waals surface area contributed by atoms with Crippen molar-refractivity contribution in [2.75, 3.05) is 0 Å². The Hall–Kier alpha value is -1.54. The second kappa shape index (κ2) is 4.76. The predicted molar refractivity (Wildman–Crippen MR) is 63.1 cm³/mol. The predicted octanol–water partition coefficient (Wildman–Crippen LogP) is 2.45. The zero-order chi connectivity index (χ0) is 13.2. The number of hydrogen-bond donors (Lipinski definition) is 1. The number of halogens is 1. The van der Waals surface area contributed by atoms with E-state index in [0.717, 1.165) is 0 Å². The Bertz CT molecular complexity index is 480. The highest BCUT2D eigenvalue weighted by atomic mass is 35.5. The quantitative estimate of drug-likeness (QED) is 0.900. The molecule has 1 rings (SSSR count). The van der Waals surface area contributed by atoms with Crippen molar-refractivity contribution in [1.29, 1.82) is 5.26 Å². The molecule has 17 heavy (non-hydrogen) atoms. The van der Waals surface area contributed by atoms with E-state index in [1.165, 1.54) is 4.68 Å². The Balaban J connectivity index is 3.31. The smallest absolute Gasteiger partial charge is 0.340 e. The molecule has 6 heteroatoms. The van der Waals surface area contributed by atoms with Gasteiger partial charge in [0.05, 0.1) is 24.7 Å². The van der Waals surface area contributed by atoms with E-state index in [1.54, 1.807) is 0 Å². The number of hydrogen-bond acceptors (Lipinski definition) is 3. The summed E-state index contributed by atoms with van der Waals surface area (Å²) in [6.07, 6.45) is 0.240. The first-order chi connectivity index (χ1) is 7.79. The molecule has 1 aromatic heterocycles. The van der Waals surface area contributed by atoms with Crippen molar-refractivity contribution in [2.45, 2.75) is 39.2 Å². The molecule has 1 aromatic rings. The van der Waals surface area contributed by atoms with Crippen LogP contribution in [0.5, 0.6) is 0 Å². The number of nitrogens with zero attached hydrogens (tertiary/aromatic N) is 3. The van der Waals surface area contributed by atoms with Crippen molar-refractivity contribution < 1.29 is 9.90 Å². The number of aromatic carboxylic acids is 1. The Morgan fingerprint density at radius 1 is 1.59 bits per heavy atom. The minimum atomic E-state index is -1.09. The fourth-order valence-corrected chi connectivity index (χ4v) is 1.75. The van der Waals surface area contributed by atoms with Gasteiger partial charge in [0.25, 0.3) is 0 Å². The number of nitriles is 1. The summed E-state index contributed by atoms with van der Waals surface area (Å²) in [6.45, 7) is 5.90. The third kappa shape index (κ3) is 2.77. The lowest BCUT2D eigenvalue weighted by atomic mass is 9.89. The Labute approximate surface area is 105 Å². The first-order valence-corrected chi connectivity index (χ1v) is 5.54. The van der Waals surface area contributed by atoms with Crippen LogP contribution in [0.25, 0.3) is 0 Å². The van der Waals surface area contributed by atoms with Gasteiger partial charge in [-0.3, -0.25) is 4.68 Å². The van der Waals surface area contributed by atoms with Crippen molar-refractivity contribution in [3.05, 3.63) is 16.4 Å². The molecule has 1 N–H and O–H groups in total. The second-order valence-corrected chi connectivity index (χ2v) is 5.06. The minimum absolute atomic E-state index is 0.0251. The highest BCUT2D eigenvalue weighted by molar-refractivity contribution is 6.32. The molecule has 0 unspecified atom stereocenters. The number of carboxylic acids is 1. The van der Waals surface area contributed by atoms with E-state index < -0.39 is 11.4 Å². The molecule has 0 saturated carbocycles. The van der Waals surface area contributed by atoms with Gasteiger partial charge in [0.15, 0.2) is 0 Å². The van der Waals surface area contributed by atoms with Crippen LogP contribution in [-0.4, -0.2) is 20.9 Å². The molecular weight excluding hydrogens is 242 g/mol. The van der Waals surface area contributed by atoms with E-state index in [0.29, 0.717) is 12.2 Å². The summed E-state index contributed by atoms with van der Waals surface area (Å²) in [7, 11) is 0. The van der Waals surface area contributed by atoms with E-state index in [9.17, 15) is 4.79 Å². The van der Waals surface area contributed by atoms with Crippen LogP contribution >= 0.6 is 11.6 Å². The van der Waals surface area contributed by atoms with Gasteiger partial charge in [-0.1, -0.05) is 32.4 Å². The van der Waals surface area contributed by atoms with Gasteiger partial charge in [0.2, 0.25) is 0 Å². The summed E-state index contributed by atoms with van der Waals surface area (Å²) in [4.78, 5) is 11.2. The zero-order valence-corrected chi connectivity index (χ0v) is 10.7. The summed E-state index contributed by atoms with van der Waals surface area (Å²) in [5, 5.41) is 21.9. The van der Waals surface area contributed by atoms with Crippen LogP contribution in [0.15, 0.2) is 0 Å². The maximum Gasteiger partial charge on any atom is 0.340 e. The molecule has 0 saturated heterocycles. The van der Waals surface area contributed by atoms with Crippen LogP contribution in [-0.2, 0) is 12.0 Å². The van der Waals surface area contributed by atoms with Gasteiger partial charge >= 0.3 is 5.97 Å². The molecule has 0 fully saturated rings. The Morgan fingerprint density at radius 3 is 2.53 bits per heavy atom. The van der Waals surface area contributed by atoms with E-state index in [-0.39, 0.29) is 17.1 Å². The average Bonchev–Trinajstić information content (AvgIpc) is 2.52. The van der Waals surface area contributed by atoms with Gasteiger partial charge in [0, 0.05) is 5.41 Å². The highest BCUT2D eigenvalue weighted by Gasteiger charge is 2.29. The Kier molecular flexibility index (Phi) is 3.79. The molecule has 0 bridgehead atoms. The molecular formula is C11H14ClN3O2. The standard InChI is InChI=1S/C11H14ClN3O2/c1-11(2,3)8-7(10(16)17)9(12)15(14-8)6-4-5-13/h4,6H2,1-3H3,(H,16,17). The van der Waals surface area contributed by atoms with Crippen LogP contribution < -0.4 is 0 Å². The topological polar surface area (TPSA) is 78.9 Å². The largest absolute Gasteiger partial charge is 0.478 e. The Morgan fingerprint density at radius 2 is 2.18 bits per heavy atom. The minimum Gasteiger partial charge on any atom is -0.478 e. The van der Waals surface area contributed by atoms with Crippen LogP contribution in [0.4, 0.5) is 0 Å². The highest BCUT2D eigenvalue weighted by Crippen LogP contribution is 2.30. The third-order valence-corrected chi connectivity index (χ3v) is 2.63. The molecule has 0 spiro atoms. The molecule has 92 valence electrons. The maximum atomic E-state index is 11.2. The average molecular weight is 256 g/mol. The number of carbonyl (C=O) groups is 1. The monoisotopic (exact) mass is 255 g/mol. The van der Waals surface area contributed by atoms with Gasteiger partial charge < -0.3 is 5.11 Å². The normalized spacial score (nSPS) is 11.2. The van der Waals surface area contributed by atoms with E-state index in [2.05, 4.69) is 5.10 Å². The first-order valence-electron chi connectivity index (χ1n) is 5.16. The van der Waals surface area contributed by atoms with E-state index >= 15 is 0 Å². The molecule has 0 atom stereocenters. The lowest BCUT2D eigenvalue weighted by molar-refractivity contribution is 0.0694. The van der Waals surface area contributed by atoms with Gasteiger partial charge in [-0.15, -0.1) is 0 Å². The molecule has 0 aliphatic rings. The summed E-state index contributed by atoms with van der Waals surface area (Å²) in [5.74, 6) is -1.09. The molecule has 0 amide bonds. The fraction of sp³-hybridized carbons (Fsp3) is 0.545. The molecule has 5 nitrogen and oxygen atoms in total. The van der Waals surface area contributed by atoms with Crippen LogP contribution in [0, 0.1) is 11.3 Å². The van der Waals surface area contributed by atoms with E-state index in [1.807, 2.05) is 26.8 Å². The van der Waals surface area contributed by atoms with Crippen molar-refractivity contribution in [3.63, 3.8) is 0 Å². The van der Waals surface area contributed by atoms with Crippen LogP contribution in [0.3, 0.4) is 0 Å². The van der Waals surface area contributed by atoms with Crippen molar-refractivity contribution in [2.24, 2.45) is 0 Å². The molecule has 0 aliphatic heterocycles. The molecule has 0 aliphatic carbocycles. The SMILES string of the molecule is CC(C)(C)c1nn(CCC#N)c(Cl)c1C(=O)O. The number of carboxylic acid groups (broad SMARTS) is 1. The maximum absolute atomic E-state index is 11.2. The van der Waals surface area contributed by atoms with Gasteiger partial charge in [-0.25, -0.2) is 4.79 Å². The van der Waals surface area contributed by atoms with Crippen molar-refractivity contribution in [3.8, 4) is 6.07 Å². The molecule has 0 aromatic carbocycles. The summed E-state index contributed by atoms with van der Waals surface area (Å²) < 4.78 is 1.37. The third-order valence-electron chi connectivity index (χ3n) is 2.25. The number of aryl methyl sites for hydroxylation is 1. The van der Waals surface area contributed by atoms with Crippen LogP contribution in [0.1, 0.15) is 43.2 Å². The zero-order valence-electron chi connectivity index (χ0n) is 9.99. The van der Waals surface area contributed by atoms with E-state index in [4.69, 9.17) is 22.0 Å². The number of aromatic nitrogens is 2. The summed E-state index contributed by atoms with van der Waals surface area (Å²) in [6, 6.07) is 1.97. The summed E-state index contributed by atoms with van der Waals surface area (Å²) >= 11 is 5.98. The first kappa shape index (κ1) is 13.5. The van der Waals surface area contributed by atoms with Gasteiger partial charge in [-0.05, 0) is 0 Å². The van der Waals surface area contributed by atoms with Crippen LogP contribution in [0.2, 0.25) is 5.15 Å². The van der Waals surface area contributed by atoms with Crippen molar-refractivity contribution in [1.82, 2.24) is 9.78 Å². The van der Waals surface area contributed by atoms with Crippen molar-refractivity contribution >= 4 is 17.6 Å². The van der Waals surface area contributed by atoms with Gasteiger partial charge in [0.1, 0.15) is 10.7 Å². The second-order valence-electron chi connectivity index (χ2n) is 4.70. The van der Waals surface area contributed by atoms with Gasteiger partial charge in [-0.2, -0.15) is 10.4 Å². The fourth-order valence-electron chi connectivity index (χ4n) is 1.46.